The van der Waals surface area contributed by atoms with Gasteiger partial charge >= 0.3 is 0 Å². The monoisotopic (exact) mass is 306 g/mol. The van der Waals surface area contributed by atoms with Crippen LogP contribution in [0.4, 0.5) is 14.5 Å². The minimum Gasteiger partial charge on any atom is -0.361 e. The Morgan fingerprint density at radius 1 is 1.36 bits per heavy atom. The number of benzene rings is 1. The van der Waals surface area contributed by atoms with Gasteiger partial charge < -0.3 is 9.42 Å². The van der Waals surface area contributed by atoms with Crippen LogP contribution in [0, 0.1) is 25.5 Å². The molecule has 0 aliphatic carbocycles. The number of hydrogen-bond acceptors (Lipinski definition) is 3. The molecule has 0 bridgehead atoms. The number of carbonyl (C=O) groups excluding carboxylic acids is 1. The molecule has 4 nitrogen and oxygen atoms in total. The van der Waals surface area contributed by atoms with Crippen molar-refractivity contribution in [2.24, 2.45) is 0 Å². The number of halogens is 2. The van der Waals surface area contributed by atoms with E-state index in [0.29, 0.717) is 42.1 Å². The van der Waals surface area contributed by atoms with Crippen molar-refractivity contribution in [3.63, 3.8) is 0 Å². The van der Waals surface area contributed by atoms with Gasteiger partial charge in [-0.3, -0.25) is 4.79 Å². The Morgan fingerprint density at radius 3 is 2.82 bits per heavy atom. The molecule has 0 saturated heterocycles. The molecule has 0 fully saturated rings. The van der Waals surface area contributed by atoms with Crippen molar-refractivity contribution in [1.82, 2.24) is 5.16 Å². The van der Waals surface area contributed by atoms with Gasteiger partial charge in [-0.25, -0.2) is 8.78 Å². The Kier molecular flexibility index (Phi) is 3.68. The van der Waals surface area contributed by atoms with E-state index in [1.165, 1.54) is 11.0 Å². The molecule has 0 radical (unpaired) electrons. The number of fused-ring (bicyclic) bond motifs is 1. The standard InChI is InChI=1S/C16H16F2N2O2/c1-9-13(10(2)22-19-9)8-16(21)20-5-3-4-12-14(18)6-11(17)7-15(12)20/h6-7H,3-5,8H2,1-2H3. The van der Waals surface area contributed by atoms with Crippen LogP contribution < -0.4 is 4.90 Å². The van der Waals surface area contributed by atoms with Crippen molar-refractivity contribution in [3.8, 4) is 0 Å². The second kappa shape index (κ2) is 5.51. The highest BCUT2D eigenvalue weighted by Gasteiger charge is 2.27. The van der Waals surface area contributed by atoms with E-state index in [9.17, 15) is 13.6 Å². The summed E-state index contributed by atoms with van der Waals surface area (Å²) in [5, 5.41) is 3.82. The average molecular weight is 306 g/mol. The predicted molar refractivity (Wildman–Crippen MR) is 76.7 cm³/mol. The lowest BCUT2D eigenvalue weighted by Gasteiger charge is -2.29. The molecule has 1 aliphatic rings. The lowest BCUT2D eigenvalue weighted by Crippen LogP contribution is -2.37. The smallest absolute Gasteiger partial charge is 0.231 e. The summed E-state index contributed by atoms with van der Waals surface area (Å²) in [6.07, 6.45) is 1.28. The Hall–Kier alpha value is -2.24. The minimum absolute atomic E-state index is 0.110. The molecule has 6 heteroatoms. The van der Waals surface area contributed by atoms with E-state index in [-0.39, 0.29) is 12.3 Å². The molecule has 1 aromatic carbocycles. The zero-order chi connectivity index (χ0) is 15.9. The molecule has 1 amide bonds. The topological polar surface area (TPSA) is 46.3 Å². The minimum atomic E-state index is -0.673. The van der Waals surface area contributed by atoms with Crippen LogP contribution in [0.3, 0.4) is 0 Å². The molecular formula is C16H16F2N2O2. The normalized spacial score (nSPS) is 14.1. The fraction of sp³-hybridized carbons (Fsp3) is 0.375. The summed E-state index contributed by atoms with van der Waals surface area (Å²) < 4.78 is 32.4. The summed E-state index contributed by atoms with van der Waals surface area (Å²) in [7, 11) is 0. The summed E-state index contributed by atoms with van der Waals surface area (Å²) in [5.41, 5.74) is 2.13. The summed E-state index contributed by atoms with van der Waals surface area (Å²) in [4.78, 5) is 14.0. The lowest BCUT2D eigenvalue weighted by atomic mass is 9.99. The van der Waals surface area contributed by atoms with Crippen LogP contribution in [0.5, 0.6) is 0 Å². The SMILES string of the molecule is Cc1noc(C)c1CC(=O)N1CCCc2c(F)cc(F)cc21. The third kappa shape index (κ3) is 2.49. The van der Waals surface area contributed by atoms with Gasteiger partial charge in [0.1, 0.15) is 17.4 Å². The van der Waals surface area contributed by atoms with E-state index in [0.717, 1.165) is 11.6 Å². The van der Waals surface area contributed by atoms with Crippen molar-refractivity contribution < 1.29 is 18.1 Å². The number of aryl methyl sites for hydroxylation is 2. The van der Waals surface area contributed by atoms with E-state index in [1.807, 2.05) is 0 Å². The van der Waals surface area contributed by atoms with Gasteiger partial charge in [0.15, 0.2) is 0 Å². The first-order valence-corrected chi connectivity index (χ1v) is 7.17. The number of carbonyl (C=O) groups is 1. The van der Waals surface area contributed by atoms with Crippen molar-refractivity contribution in [3.05, 3.63) is 46.3 Å². The number of rotatable bonds is 2. The molecule has 0 spiro atoms. The quantitative estimate of drug-likeness (QED) is 0.856. The van der Waals surface area contributed by atoms with Crippen molar-refractivity contribution >= 4 is 11.6 Å². The van der Waals surface area contributed by atoms with Crippen LogP contribution >= 0.6 is 0 Å². The zero-order valence-electron chi connectivity index (χ0n) is 12.4. The molecular weight excluding hydrogens is 290 g/mol. The van der Waals surface area contributed by atoms with Gasteiger partial charge in [0, 0.05) is 23.7 Å². The van der Waals surface area contributed by atoms with Crippen LogP contribution in [0.2, 0.25) is 0 Å². The van der Waals surface area contributed by atoms with Crippen LogP contribution in [-0.4, -0.2) is 17.6 Å². The highest BCUT2D eigenvalue weighted by atomic mass is 19.1. The molecule has 2 aromatic rings. The third-order valence-electron chi connectivity index (χ3n) is 4.05. The first kappa shape index (κ1) is 14.7. The molecule has 1 aliphatic heterocycles. The van der Waals surface area contributed by atoms with E-state index in [1.54, 1.807) is 13.8 Å². The molecule has 1 aromatic heterocycles. The van der Waals surface area contributed by atoms with E-state index < -0.39 is 11.6 Å². The number of nitrogens with zero attached hydrogens (tertiary/aromatic N) is 2. The number of hydrogen-bond donors (Lipinski definition) is 0. The van der Waals surface area contributed by atoms with Crippen LogP contribution in [0.15, 0.2) is 16.7 Å². The van der Waals surface area contributed by atoms with E-state index >= 15 is 0 Å². The van der Waals surface area contributed by atoms with Gasteiger partial charge in [0.05, 0.1) is 17.8 Å². The molecule has 0 saturated carbocycles. The van der Waals surface area contributed by atoms with Gasteiger partial charge in [0.25, 0.3) is 0 Å². The van der Waals surface area contributed by atoms with Gasteiger partial charge in [-0.2, -0.15) is 0 Å². The van der Waals surface area contributed by atoms with Gasteiger partial charge in [-0.15, -0.1) is 0 Å². The molecule has 0 N–H and O–H groups in total. The second-order valence-corrected chi connectivity index (χ2v) is 5.51. The third-order valence-corrected chi connectivity index (χ3v) is 4.05. The Morgan fingerprint density at radius 2 is 2.14 bits per heavy atom. The molecule has 0 unspecified atom stereocenters. The highest BCUT2D eigenvalue weighted by molar-refractivity contribution is 5.96. The maximum absolute atomic E-state index is 13.9. The second-order valence-electron chi connectivity index (χ2n) is 5.51. The lowest BCUT2D eigenvalue weighted by molar-refractivity contribution is -0.118. The molecule has 22 heavy (non-hydrogen) atoms. The summed E-state index contributed by atoms with van der Waals surface area (Å²) in [5.74, 6) is -0.882. The predicted octanol–water partition coefficient (Wildman–Crippen LogP) is 3.09. The summed E-state index contributed by atoms with van der Waals surface area (Å²) >= 11 is 0. The fourth-order valence-corrected chi connectivity index (χ4v) is 2.87. The van der Waals surface area contributed by atoms with Crippen LogP contribution in [0.25, 0.3) is 0 Å². The van der Waals surface area contributed by atoms with E-state index in [4.69, 9.17) is 4.52 Å². The first-order valence-electron chi connectivity index (χ1n) is 7.17. The van der Waals surface area contributed by atoms with Gasteiger partial charge in [-0.1, -0.05) is 5.16 Å². The summed E-state index contributed by atoms with van der Waals surface area (Å²) in [6.45, 7) is 3.97. The maximum atomic E-state index is 13.9. The van der Waals surface area contributed by atoms with Crippen molar-refractivity contribution in [2.45, 2.75) is 33.1 Å². The molecule has 3 rings (SSSR count). The number of aromatic nitrogens is 1. The molecule has 0 atom stereocenters. The molecule has 2 heterocycles. The fourth-order valence-electron chi connectivity index (χ4n) is 2.87. The number of amides is 1. The Bertz CT molecular complexity index is 720. The Labute approximate surface area is 126 Å². The van der Waals surface area contributed by atoms with E-state index in [2.05, 4.69) is 5.16 Å². The van der Waals surface area contributed by atoms with Crippen molar-refractivity contribution in [1.29, 1.82) is 0 Å². The van der Waals surface area contributed by atoms with Crippen LogP contribution in [0.1, 0.15) is 29.0 Å². The van der Waals surface area contributed by atoms with Crippen LogP contribution in [-0.2, 0) is 17.6 Å². The van der Waals surface area contributed by atoms with Crippen molar-refractivity contribution in [2.75, 3.05) is 11.4 Å². The largest absolute Gasteiger partial charge is 0.361 e. The molecule has 116 valence electrons. The maximum Gasteiger partial charge on any atom is 0.231 e. The highest BCUT2D eigenvalue weighted by Crippen LogP contribution is 2.31. The van der Waals surface area contributed by atoms with Gasteiger partial charge in [-0.05, 0) is 32.8 Å². The average Bonchev–Trinajstić information content (AvgIpc) is 2.78. The first-order chi connectivity index (χ1) is 10.5. The number of anilines is 1. The zero-order valence-corrected chi connectivity index (χ0v) is 12.4. The Balaban J connectivity index is 1.92. The summed E-state index contributed by atoms with van der Waals surface area (Å²) in [6, 6.07) is 2.09. The van der Waals surface area contributed by atoms with Gasteiger partial charge in [0.2, 0.25) is 5.91 Å².